The molecule has 0 spiro atoms. The Hall–Kier alpha value is -1.04. The maximum absolute atomic E-state index is 11.9. The van der Waals surface area contributed by atoms with Crippen LogP contribution in [0, 0.1) is 0 Å². The normalized spacial score (nSPS) is 13.8. The van der Waals surface area contributed by atoms with Crippen LogP contribution in [0.2, 0.25) is 0 Å². The molecule has 0 aliphatic carbocycles. The van der Waals surface area contributed by atoms with Crippen LogP contribution in [-0.4, -0.2) is 44.6 Å². The molecule has 1 amide bonds. The number of thiol groups is 1. The Morgan fingerprint density at radius 1 is 1.32 bits per heavy atom. The first-order chi connectivity index (χ1) is 9.17. The number of hydrogen-bond acceptors (Lipinski definition) is 4. The van der Waals surface area contributed by atoms with Crippen molar-refractivity contribution in [1.29, 1.82) is 0 Å². The van der Waals surface area contributed by atoms with Crippen LogP contribution in [0.3, 0.4) is 0 Å². The van der Waals surface area contributed by atoms with Crippen molar-refractivity contribution in [3.05, 3.63) is 35.9 Å². The Bertz CT molecular complexity index is 372. The molecule has 0 saturated heterocycles. The van der Waals surface area contributed by atoms with E-state index >= 15 is 0 Å². The third kappa shape index (κ3) is 6.09. The van der Waals surface area contributed by atoms with Crippen molar-refractivity contribution >= 4 is 18.5 Å². The topological polar surface area (TPSA) is 47.6 Å². The zero-order chi connectivity index (χ0) is 14.1. The van der Waals surface area contributed by atoms with Crippen LogP contribution in [0.15, 0.2) is 30.3 Å². The Kier molecular flexibility index (Phi) is 7.55. The van der Waals surface area contributed by atoms with Crippen LogP contribution in [0.25, 0.3) is 0 Å². The molecular weight excluding hydrogens is 262 g/mol. The predicted octanol–water partition coefficient (Wildman–Crippen LogP) is 1.31. The number of rotatable bonds is 8. The van der Waals surface area contributed by atoms with E-state index < -0.39 is 0 Å². The highest BCUT2D eigenvalue weighted by molar-refractivity contribution is 7.81. The molecule has 0 aliphatic heterocycles. The third-order valence-corrected chi connectivity index (χ3v) is 3.18. The minimum absolute atomic E-state index is 0.0923. The molecule has 0 radical (unpaired) electrons. The first-order valence-electron chi connectivity index (χ1n) is 6.18. The van der Waals surface area contributed by atoms with Crippen LogP contribution in [0.5, 0.6) is 0 Å². The molecule has 2 atom stereocenters. The molecule has 1 aromatic carbocycles. The SMILES string of the molecule is COCC(CNC(=O)C(S)Cc1ccccc1)OC. The summed E-state index contributed by atoms with van der Waals surface area (Å²) in [6.45, 7) is 0.877. The summed E-state index contributed by atoms with van der Waals surface area (Å²) in [5, 5.41) is 2.46. The molecule has 19 heavy (non-hydrogen) atoms. The average molecular weight is 283 g/mol. The van der Waals surface area contributed by atoms with E-state index in [0.717, 1.165) is 5.56 Å². The highest BCUT2D eigenvalue weighted by Gasteiger charge is 2.16. The molecule has 0 aliphatic rings. The van der Waals surface area contributed by atoms with Crippen molar-refractivity contribution < 1.29 is 14.3 Å². The maximum atomic E-state index is 11.9. The summed E-state index contributed by atoms with van der Waals surface area (Å²) in [6.07, 6.45) is 0.476. The standard InChI is InChI=1S/C14H21NO3S/c1-17-10-12(18-2)9-15-14(16)13(19)8-11-6-4-3-5-7-11/h3-7,12-13,19H,8-10H2,1-2H3,(H,15,16). The van der Waals surface area contributed by atoms with Gasteiger partial charge < -0.3 is 14.8 Å². The second-order valence-corrected chi connectivity index (χ2v) is 4.89. The lowest BCUT2D eigenvalue weighted by atomic mass is 10.1. The summed E-state index contributed by atoms with van der Waals surface area (Å²) in [5.41, 5.74) is 1.10. The van der Waals surface area contributed by atoms with Gasteiger partial charge in [0.1, 0.15) is 0 Å². The molecule has 1 rings (SSSR count). The number of amides is 1. The fourth-order valence-corrected chi connectivity index (χ4v) is 1.96. The molecular formula is C14H21NO3S. The summed E-state index contributed by atoms with van der Waals surface area (Å²) in [7, 11) is 3.20. The van der Waals surface area contributed by atoms with Crippen LogP contribution >= 0.6 is 12.6 Å². The molecule has 106 valence electrons. The lowest BCUT2D eigenvalue weighted by Crippen LogP contribution is -2.39. The number of benzene rings is 1. The summed E-state index contributed by atoms with van der Waals surface area (Å²) in [6, 6.07) is 9.82. The summed E-state index contributed by atoms with van der Waals surface area (Å²) in [5.74, 6) is -0.0923. The zero-order valence-corrected chi connectivity index (χ0v) is 12.2. The van der Waals surface area contributed by atoms with E-state index in [1.807, 2.05) is 30.3 Å². The van der Waals surface area contributed by atoms with Gasteiger partial charge in [-0.15, -0.1) is 0 Å². The second kappa shape index (κ2) is 8.96. The number of carbonyl (C=O) groups excluding carboxylic acids is 1. The van der Waals surface area contributed by atoms with E-state index in [1.54, 1.807) is 14.2 Å². The third-order valence-electron chi connectivity index (χ3n) is 2.76. The lowest BCUT2D eigenvalue weighted by Gasteiger charge is -2.17. The number of hydrogen-bond donors (Lipinski definition) is 2. The van der Waals surface area contributed by atoms with Crippen LogP contribution in [0.1, 0.15) is 5.56 Å². The summed E-state index contributed by atoms with van der Waals surface area (Å²) in [4.78, 5) is 11.9. The molecule has 0 heterocycles. The fourth-order valence-electron chi connectivity index (χ4n) is 1.66. The largest absolute Gasteiger partial charge is 0.382 e. The molecule has 0 aromatic heterocycles. The van der Waals surface area contributed by atoms with Gasteiger partial charge in [0, 0.05) is 20.8 Å². The Morgan fingerprint density at radius 2 is 2.00 bits per heavy atom. The minimum Gasteiger partial charge on any atom is -0.382 e. The van der Waals surface area contributed by atoms with Crippen molar-refractivity contribution in [2.24, 2.45) is 0 Å². The van der Waals surface area contributed by atoms with Gasteiger partial charge in [0.15, 0.2) is 0 Å². The van der Waals surface area contributed by atoms with Crippen molar-refractivity contribution in [2.45, 2.75) is 17.8 Å². The number of ether oxygens (including phenoxy) is 2. The van der Waals surface area contributed by atoms with Crippen molar-refractivity contribution in [3.8, 4) is 0 Å². The first-order valence-corrected chi connectivity index (χ1v) is 6.70. The molecule has 0 bridgehead atoms. The smallest absolute Gasteiger partial charge is 0.233 e. The molecule has 2 unspecified atom stereocenters. The Morgan fingerprint density at radius 3 is 2.58 bits per heavy atom. The maximum Gasteiger partial charge on any atom is 0.233 e. The molecule has 0 saturated carbocycles. The lowest BCUT2D eigenvalue weighted by molar-refractivity contribution is -0.121. The highest BCUT2D eigenvalue weighted by atomic mass is 32.1. The van der Waals surface area contributed by atoms with Crippen LogP contribution in [0.4, 0.5) is 0 Å². The highest BCUT2D eigenvalue weighted by Crippen LogP contribution is 2.07. The van der Waals surface area contributed by atoms with Gasteiger partial charge in [-0.1, -0.05) is 30.3 Å². The quantitative estimate of drug-likeness (QED) is 0.707. The van der Waals surface area contributed by atoms with Gasteiger partial charge >= 0.3 is 0 Å². The van der Waals surface area contributed by atoms with Crippen molar-refractivity contribution in [2.75, 3.05) is 27.4 Å². The summed E-state index contributed by atoms with van der Waals surface area (Å²) < 4.78 is 10.2. The first kappa shape index (κ1) is 16.0. The second-order valence-electron chi connectivity index (χ2n) is 4.26. The number of carbonyl (C=O) groups is 1. The van der Waals surface area contributed by atoms with Crippen molar-refractivity contribution in [3.63, 3.8) is 0 Å². The zero-order valence-electron chi connectivity index (χ0n) is 11.3. The fraction of sp³-hybridized carbons (Fsp3) is 0.500. The van der Waals surface area contributed by atoms with Gasteiger partial charge in [-0.2, -0.15) is 12.6 Å². The van der Waals surface area contributed by atoms with Gasteiger partial charge in [-0.3, -0.25) is 4.79 Å². The van der Waals surface area contributed by atoms with Gasteiger partial charge in [0.2, 0.25) is 5.91 Å². The van der Waals surface area contributed by atoms with Gasteiger partial charge in [-0.05, 0) is 12.0 Å². The molecule has 1 aromatic rings. The number of methoxy groups -OCH3 is 2. The monoisotopic (exact) mass is 283 g/mol. The molecule has 1 N–H and O–H groups in total. The predicted molar refractivity (Wildman–Crippen MR) is 78.6 cm³/mol. The van der Waals surface area contributed by atoms with Crippen molar-refractivity contribution in [1.82, 2.24) is 5.32 Å². The Labute approximate surface area is 119 Å². The van der Waals surface area contributed by atoms with Crippen LogP contribution < -0.4 is 5.32 Å². The van der Waals surface area contributed by atoms with E-state index in [9.17, 15) is 4.79 Å². The van der Waals surface area contributed by atoms with Crippen LogP contribution in [-0.2, 0) is 20.7 Å². The van der Waals surface area contributed by atoms with E-state index in [2.05, 4.69) is 17.9 Å². The van der Waals surface area contributed by atoms with E-state index in [4.69, 9.17) is 9.47 Å². The van der Waals surface area contributed by atoms with E-state index in [-0.39, 0.29) is 17.3 Å². The van der Waals surface area contributed by atoms with Gasteiger partial charge in [0.05, 0.1) is 18.0 Å². The van der Waals surface area contributed by atoms with E-state index in [1.165, 1.54) is 0 Å². The minimum atomic E-state index is -0.359. The Balaban J connectivity index is 2.36. The molecule has 4 nitrogen and oxygen atoms in total. The average Bonchev–Trinajstić information content (AvgIpc) is 2.44. The number of nitrogens with one attached hydrogen (secondary N) is 1. The van der Waals surface area contributed by atoms with E-state index in [0.29, 0.717) is 19.6 Å². The molecule has 0 fully saturated rings. The van der Waals surface area contributed by atoms with Gasteiger partial charge in [0.25, 0.3) is 0 Å². The van der Waals surface area contributed by atoms with Gasteiger partial charge in [-0.25, -0.2) is 0 Å². The summed E-state index contributed by atoms with van der Waals surface area (Å²) >= 11 is 4.34. The molecule has 5 heteroatoms.